The molecular formula is C22H18FN3O2S. The van der Waals surface area contributed by atoms with E-state index in [1.54, 1.807) is 0 Å². The summed E-state index contributed by atoms with van der Waals surface area (Å²) in [5.74, 6) is -0.769. The topological polar surface area (TPSA) is 64.0 Å². The predicted molar refractivity (Wildman–Crippen MR) is 114 cm³/mol. The first-order valence-electron chi connectivity index (χ1n) is 9.16. The lowest BCUT2D eigenvalue weighted by molar-refractivity contribution is -0.116. The number of hydrogen-bond acceptors (Lipinski definition) is 4. The van der Waals surface area contributed by atoms with Gasteiger partial charge in [0.05, 0.1) is 11.7 Å². The number of nitrogens with zero attached hydrogens (tertiary/aromatic N) is 2. The van der Waals surface area contributed by atoms with Crippen molar-refractivity contribution in [3.8, 4) is 11.1 Å². The molecule has 4 aromatic rings. The van der Waals surface area contributed by atoms with E-state index in [1.807, 2.05) is 29.6 Å². The van der Waals surface area contributed by atoms with Crippen LogP contribution in [0, 0.1) is 5.82 Å². The van der Waals surface area contributed by atoms with Gasteiger partial charge in [-0.25, -0.2) is 9.37 Å². The molecular weight excluding hydrogens is 389 g/mol. The van der Waals surface area contributed by atoms with E-state index in [-0.39, 0.29) is 23.8 Å². The highest BCUT2D eigenvalue weighted by Crippen LogP contribution is 2.30. The molecule has 0 saturated carbocycles. The highest BCUT2D eigenvalue weighted by atomic mass is 32.1. The second-order valence-electron chi connectivity index (χ2n) is 6.61. The molecule has 1 N–H and O–H groups in total. The number of aryl methyl sites for hydroxylation is 1. The Bertz CT molecular complexity index is 1230. The molecule has 5 nitrogen and oxygen atoms in total. The summed E-state index contributed by atoms with van der Waals surface area (Å²) in [6.07, 6.45) is 2.33. The molecule has 7 heteroatoms. The van der Waals surface area contributed by atoms with Crippen LogP contribution in [0.4, 0.5) is 10.1 Å². The molecule has 2 aromatic heterocycles. The van der Waals surface area contributed by atoms with Gasteiger partial charge in [-0.3, -0.25) is 14.2 Å². The minimum atomic E-state index is -0.385. The lowest BCUT2D eigenvalue weighted by atomic mass is 10.0. The van der Waals surface area contributed by atoms with Crippen molar-refractivity contribution >= 4 is 33.1 Å². The maximum Gasteiger partial charge on any atom is 0.263 e. The summed E-state index contributed by atoms with van der Waals surface area (Å²) in [5.41, 5.74) is 3.19. The molecule has 2 heterocycles. The summed E-state index contributed by atoms with van der Waals surface area (Å²) in [6, 6.07) is 13.5. The van der Waals surface area contributed by atoms with E-state index in [0.717, 1.165) is 17.5 Å². The van der Waals surface area contributed by atoms with Crippen molar-refractivity contribution in [1.82, 2.24) is 9.55 Å². The first-order valence-corrected chi connectivity index (χ1v) is 10.0. The van der Waals surface area contributed by atoms with E-state index in [0.29, 0.717) is 15.9 Å². The van der Waals surface area contributed by atoms with Crippen LogP contribution in [-0.2, 0) is 17.8 Å². The summed E-state index contributed by atoms with van der Waals surface area (Å²) in [7, 11) is 0. The summed E-state index contributed by atoms with van der Waals surface area (Å²) in [6.45, 7) is 1.91. The van der Waals surface area contributed by atoms with Crippen LogP contribution in [0.25, 0.3) is 21.3 Å². The lowest BCUT2D eigenvalue weighted by Crippen LogP contribution is -2.27. The number of rotatable bonds is 5. The second-order valence-corrected chi connectivity index (χ2v) is 7.47. The number of fused-ring (bicyclic) bond motifs is 1. The predicted octanol–water partition coefficient (Wildman–Crippen LogP) is 4.47. The van der Waals surface area contributed by atoms with E-state index in [1.165, 1.54) is 52.1 Å². The van der Waals surface area contributed by atoms with Gasteiger partial charge in [-0.05, 0) is 41.8 Å². The van der Waals surface area contributed by atoms with Gasteiger partial charge in [0.1, 0.15) is 17.2 Å². The second kappa shape index (κ2) is 7.97. The molecule has 0 spiro atoms. The standard InChI is InChI=1S/C22H18FN3O2S/c1-2-14-3-5-15(6-4-14)18-12-29-21-20(18)22(28)26(13-24-21)11-19(27)25-17-9-7-16(23)8-10-17/h3-10,12-13H,2,11H2,1H3,(H,25,27). The molecule has 29 heavy (non-hydrogen) atoms. The van der Waals surface area contributed by atoms with Crippen molar-refractivity contribution in [3.05, 3.63) is 82.0 Å². The number of carbonyl (C=O) groups excluding carboxylic acids is 1. The number of amides is 1. The summed E-state index contributed by atoms with van der Waals surface area (Å²) >= 11 is 1.40. The Morgan fingerprint density at radius 3 is 2.55 bits per heavy atom. The van der Waals surface area contributed by atoms with Crippen LogP contribution in [0.2, 0.25) is 0 Å². The van der Waals surface area contributed by atoms with Crippen LogP contribution in [0.3, 0.4) is 0 Å². The average molecular weight is 407 g/mol. The van der Waals surface area contributed by atoms with Crippen molar-refractivity contribution in [2.24, 2.45) is 0 Å². The summed E-state index contributed by atoms with van der Waals surface area (Å²) in [4.78, 5) is 30.4. The molecule has 0 saturated heterocycles. The van der Waals surface area contributed by atoms with Crippen molar-refractivity contribution in [2.45, 2.75) is 19.9 Å². The molecule has 0 radical (unpaired) electrons. The van der Waals surface area contributed by atoms with E-state index in [9.17, 15) is 14.0 Å². The number of nitrogens with one attached hydrogen (secondary N) is 1. The summed E-state index contributed by atoms with van der Waals surface area (Å²) < 4.78 is 14.3. The molecule has 0 aliphatic carbocycles. The smallest absolute Gasteiger partial charge is 0.263 e. The van der Waals surface area contributed by atoms with Crippen molar-refractivity contribution in [3.63, 3.8) is 0 Å². The highest BCUT2D eigenvalue weighted by molar-refractivity contribution is 7.17. The van der Waals surface area contributed by atoms with Gasteiger partial charge in [0.25, 0.3) is 5.56 Å². The number of hydrogen-bond donors (Lipinski definition) is 1. The molecule has 1 amide bonds. The van der Waals surface area contributed by atoms with Crippen LogP contribution in [0.1, 0.15) is 12.5 Å². The zero-order valence-electron chi connectivity index (χ0n) is 15.7. The molecule has 0 atom stereocenters. The Morgan fingerprint density at radius 2 is 1.86 bits per heavy atom. The fraction of sp³-hybridized carbons (Fsp3) is 0.136. The quantitative estimate of drug-likeness (QED) is 0.531. The normalized spacial score (nSPS) is 11.0. The zero-order chi connectivity index (χ0) is 20.4. The van der Waals surface area contributed by atoms with Gasteiger partial charge in [0.2, 0.25) is 5.91 Å². The Kier molecular flexibility index (Phi) is 5.22. The van der Waals surface area contributed by atoms with Crippen molar-refractivity contribution in [1.29, 1.82) is 0 Å². The van der Waals surface area contributed by atoms with E-state index in [4.69, 9.17) is 0 Å². The zero-order valence-corrected chi connectivity index (χ0v) is 16.5. The van der Waals surface area contributed by atoms with Gasteiger partial charge < -0.3 is 5.32 Å². The molecule has 0 aliphatic heterocycles. The van der Waals surface area contributed by atoms with Gasteiger partial charge in [0, 0.05) is 16.6 Å². The van der Waals surface area contributed by atoms with E-state index >= 15 is 0 Å². The largest absolute Gasteiger partial charge is 0.325 e. The molecule has 0 aliphatic rings. The van der Waals surface area contributed by atoms with Crippen LogP contribution in [0.15, 0.2) is 65.0 Å². The van der Waals surface area contributed by atoms with Crippen LogP contribution >= 0.6 is 11.3 Å². The molecule has 146 valence electrons. The highest BCUT2D eigenvalue weighted by Gasteiger charge is 2.15. The van der Waals surface area contributed by atoms with E-state index < -0.39 is 0 Å². The molecule has 0 bridgehead atoms. The minimum Gasteiger partial charge on any atom is -0.325 e. The third kappa shape index (κ3) is 3.95. The number of aromatic nitrogens is 2. The molecule has 2 aromatic carbocycles. The van der Waals surface area contributed by atoms with Gasteiger partial charge in [0.15, 0.2) is 0 Å². The lowest BCUT2D eigenvalue weighted by Gasteiger charge is -2.08. The molecule has 0 unspecified atom stereocenters. The Balaban J connectivity index is 1.63. The maximum absolute atomic E-state index is 13.0. The van der Waals surface area contributed by atoms with Gasteiger partial charge >= 0.3 is 0 Å². The van der Waals surface area contributed by atoms with Gasteiger partial charge in [-0.1, -0.05) is 31.2 Å². The van der Waals surface area contributed by atoms with Crippen molar-refractivity contribution < 1.29 is 9.18 Å². The number of halogens is 1. The fourth-order valence-corrected chi connectivity index (χ4v) is 4.01. The Morgan fingerprint density at radius 1 is 1.14 bits per heavy atom. The first-order chi connectivity index (χ1) is 14.0. The van der Waals surface area contributed by atoms with Gasteiger partial charge in [-0.15, -0.1) is 11.3 Å². The van der Waals surface area contributed by atoms with Gasteiger partial charge in [-0.2, -0.15) is 0 Å². The Labute approximate surface area is 170 Å². The van der Waals surface area contributed by atoms with Crippen LogP contribution in [-0.4, -0.2) is 15.5 Å². The third-order valence-corrected chi connectivity index (χ3v) is 5.56. The number of thiophene rings is 1. The van der Waals surface area contributed by atoms with Crippen LogP contribution in [0.5, 0.6) is 0 Å². The number of benzene rings is 2. The Hall–Kier alpha value is -3.32. The summed E-state index contributed by atoms with van der Waals surface area (Å²) in [5, 5.41) is 5.09. The maximum atomic E-state index is 13.0. The fourth-order valence-electron chi connectivity index (χ4n) is 3.10. The number of carbonyl (C=O) groups is 1. The number of anilines is 1. The first kappa shape index (κ1) is 19.0. The molecule has 0 fully saturated rings. The monoisotopic (exact) mass is 407 g/mol. The third-order valence-electron chi connectivity index (χ3n) is 4.68. The van der Waals surface area contributed by atoms with E-state index in [2.05, 4.69) is 17.2 Å². The average Bonchev–Trinajstić information content (AvgIpc) is 3.17. The van der Waals surface area contributed by atoms with Crippen LogP contribution < -0.4 is 10.9 Å². The van der Waals surface area contributed by atoms with Crippen molar-refractivity contribution in [2.75, 3.05) is 5.32 Å². The minimum absolute atomic E-state index is 0.177. The molecule has 4 rings (SSSR count). The SMILES string of the molecule is CCc1ccc(-c2csc3ncn(CC(=O)Nc4ccc(F)cc4)c(=O)c23)cc1.